The van der Waals surface area contributed by atoms with Crippen LogP contribution in [0, 0.1) is 0 Å². The Bertz CT molecular complexity index is 769. The maximum Gasteiger partial charge on any atom is 0.255 e. The quantitative estimate of drug-likeness (QED) is 0.921. The Kier molecular flexibility index (Phi) is 4.93. The van der Waals surface area contributed by atoms with E-state index in [1.807, 2.05) is 30.3 Å². The van der Waals surface area contributed by atoms with Crippen LogP contribution in [-0.2, 0) is 20.8 Å². The van der Waals surface area contributed by atoms with Crippen LogP contribution < -0.4 is 4.72 Å². The van der Waals surface area contributed by atoms with Crippen LogP contribution in [0.2, 0.25) is 0 Å². The van der Waals surface area contributed by atoms with Gasteiger partial charge in [0.2, 0.25) is 0 Å². The van der Waals surface area contributed by atoms with Gasteiger partial charge in [-0.05, 0) is 29.8 Å². The molecule has 0 aliphatic carbocycles. The van der Waals surface area contributed by atoms with E-state index < -0.39 is 20.8 Å². The third-order valence-corrected chi connectivity index (χ3v) is 4.60. The normalized spacial score (nSPS) is 13.2. The first-order valence-corrected chi connectivity index (χ1v) is 9.26. The van der Waals surface area contributed by atoms with Gasteiger partial charge in [0, 0.05) is 27.6 Å². The molecule has 0 heterocycles. The molecule has 2 rings (SSSR count). The molecule has 1 N–H and O–H groups in total. The molecule has 0 bridgehead atoms. The van der Waals surface area contributed by atoms with Gasteiger partial charge in [-0.3, -0.25) is 8.93 Å². The second kappa shape index (κ2) is 6.69. The second-order valence-corrected chi connectivity index (χ2v) is 7.29. The molecule has 0 fully saturated rings. The predicted octanol–water partition coefficient (Wildman–Crippen LogP) is 2.84. The first-order valence-electron chi connectivity index (χ1n) is 6.16. The Morgan fingerprint density at radius 1 is 1.05 bits per heavy atom. The van der Waals surface area contributed by atoms with Gasteiger partial charge in [0.1, 0.15) is 0 Å². The van der Waals surface area contributed by atoms with Crippen LogP contribution in [0.1, 0.15) is 5.56 Å². The number of anilines is 1. The fourth-order valence-corrected chi connectivity index (χ4v) is 3.09. The molecular formula is C15H15NO3S2. The van der Waals surface area contributed by atoms with Gasteiger partial charge in [-0.1, -0.05) is 36.4 Å². The Labute approximate surface area is 127 Å². The number of rotatable bonds is 5. The molecule has 0 aliphatic heterocycles. The molecule has 2 aromatic rings. The van der Waals surface area contributed by atoms with Crippen molar-refractivity contribution in [1.82, 2.24) is 0 Å². The molecule has 1 unspecified atom stereocenters. The number of sulfonamides is 1. The summed E-state index contributed by atoms with van der Waals surface area (Å²) in [6.45, 7) is 0. The van der Waals surface area contributed by atoms with Crippen LogP contribution in [0.15, 0.2) is 64.9 Å². The molecule has 6 heteroatoms. The minimum atomic E-state index is -3.60. The van der Waals surface area contributed by atoms with E-state index >= 15 is 0 Å². The number of nitrogens with one attached hydrogen (secondary N) is 1. The van der Waals surface area contributed by atoms with Crippen molar-refractivity contribution in [3.63, 3.8) is 0 Å². The fraction of sp³-hybridized carbons (Fsp3) is 0.0667. The molecule has 21 heavy (non-hydrogen) atoms. The summed E-state index contributed by atoms with van der Waals surface area (Å²) in [5, 5.41) is 1.11. The van der Waals surface area contributed by atoms with Crippen molar-refractivity contribution in [2.75, 3.05) is 11.0 Å². The van der Waals surface area contributed by atoms with E-state index in [1.165, 1.54) is 6.08 Å². The van der Waals surface area contributed by atoms with Crippen molar-refractivity contribution in [2.45, 2.75) is 4.90 Å². The summed E-state index contributed by atoms with van der Waals surface area (Å²) < 4.78 is 37.8. The van der Waals surface area contributed by atoms with Gasteiger partial charge >= 0.3 is 0 Å². The van der Waals surface area contributed by atoms with Gasteiger partial charge in [0.25, 0.3) is 10.0 Å². The van der Waals surface area contributed by atoms with Crippen LogP contribution in [0.4, 0.5) is 5.69 Å². The average Bonchev–Trinajstić information content (AvgIpc) is 2.46. The summed E-state index contributed by atoms with van der Waals surface area (Å²) in [7, 11) is -4.76. The van der Waals surface area contributed by atoms with Crippen LogP contribution >= 0.6 is 0 Å². The molecule has 110 valence electrons. The molecule has 0 saturated heterocycles. The maximum atomic E-state index is 12.0. The lowest BCUT2D eigenvalue weighted by atomic mass is 10.2. The summed E-state index contributed by atoms with van der Waals surface area (Å²) >= 11 is 0. The fourth-order valence-electron chi connectivity index (χ4n) is 1.67. The zero-order valence-corrected chi connectivity index (χ0v) is 13.0. The lowest BCUT2D eigenvalue weighted by molar-refractivity contribution is 0.609. The summed E-state index contributed by atoms with van der Waals surface area (Å²) in [5.74, 6) is 0. The Morgan fingerprint density at radius 2 is 1.76 bits per heavy atom. The Hall–Kier alpha value is -1.92. The molecule has 0 spiro atoms. The zero-order valence-electron chi connectivity index (χ0n) is 11.4. The number of hydrogen-bond donors (Lipinski definition) is 1. The van der Waals surface area contributed by atoms with E-state index in [9.17, 15) is 12.6 Å². The van der Waals surface area contributed by atoms with E-state index in [-0.39, 0.29) is 0 Å². The average molecular weight is 321 g/mol. The van der Waals surface area contributed by atoms with E-state index in [1.54, 1.807) is 30.5 Å². The van der Waals surface area contributed by atoms with Crippen molar-refractivity contribution in [3.05, 3.63) is 65.6 Å². The first kappa shape index (κ1) is 15.5. The first-order chi connectivity index (χ1) is 9.96. The van der Waals surface area contributed by atoms with Crippen molar-refractivity contribution in [1.29, 1.82) is 0 Å². The van der Waals surface area contributed by atoms with Crippen LogP contribution in [0.5, 0.6) is 0 Å². The highest BCUT2D eigenvalue weighted by atomic mass is 32.2. The van der Waals surface area contributed by atoms with Crippen LogP contribution in [-0.4, -0.2) is 18.9 Å². The molecule has 0 aromatic heterocycles. The van der Waals surface area contributed by atoms with Gasteiger partial charge in [0.05, 0.1) is 5.41 Å². The number of benzene rings is 2. The SMILES string of the molecule is CS(=O)c1cccc(NS(=O)(=O)/C=C/c2ccccc2)c1. The minimum Gasteiger partial charge on any atom is -0.280 e. The smallest absolute Gasteiger partial charge is 0.255 e. The molecular weight excluding hydrogens is 306 g/mol. The van der Waals surface area contributed by atoms with Gasteiger partial charge in [-0.25, -0.2) is 8.42 Å². The van der Waals surface area contributed by atoms with E-state index in [0.29, 0.717) is 10.6 Å². The summed E-state index contributed by atoms with van der Waals surface area (Å²) in [6.07, 6.45) is 3.06. The van der Waals surface area contributed by atoms with Crippen LogP contribution in [0.25, 0.3) is 6.08 Å². The maximum absolute atomic E-state index is 12.0. The molecule has 0 saturated carbocycles. The molecule has 0 amide bonds. The lowest BCUT2D eigenvalue weighted by Gasteiger charge is -2.05. The molecule has 0 radical (unpaired) electrons. The lowest BCUT2D eigenvalue weighted by Crippen LogP contribution is -2.09. The predicted molar refractivity (Wildman–Crippen MR) is 86.8 cm³/mol. The zero-order chi connectivity index (χ0) is 15.3. The Morgan fingerprint density at radius 3 is 2.43 bits per heavy atom. The second-order valence-electron chi connectivity index (χ2n) is 4.34. The Balaban J connectivity index is 2.16. The van der Waals surface area contributed by atoms with E-state index in [4.69, 9.17) is 0 Å². The summed E-state index contributed by atoms with van der Waals surface area (Å²) in [5.41, 5.74) is 1.19. The molecule has 4 nitrogen and oxygen atoms in total. The van der Waals surface area contributed by atoms with Crippen molar-refractivity contribution in [3.8, 4) is 0 Å². The monoisotopic (exact) mass is 321 g/mol. The highest BCUT2D eigenvalue weighted by Gasteiger charge is 2.07. The third-order valence-electron chi connectivity index (χ3n) is 2.67. The topological polar surface area (TPSA) is 63.2 Å². The van der Waals surface area contributed by atoms with E-state index in [2.05, 4.69) is 4.72 Å². The highest BCUT2D eigenvalue weighted by molar-refractivity contribution is 7.95. The van der Waals surface area contributed by atoms with Crippen molar-refractivity contribution in [2.24, 2.45) is 0 Å². The van der Waals surface area contributed by atoms with Crippen molar-refractivity contribution < 1.29 is 12.6 Å². The highest BCUT2D eigenvalue weighted by Crippen LogP contribution is 2.15. The largest absolute Gasteiger partial charge is 0.280 e. The van der Waals surface area contributed by atoms with Crippen LogP contribution in [0.3, 0.4) is 0 Å². The molecule has 0 aliphatic rings. The molecule has 1 atom stereocenters. The summed E-state index contributed by atoms with van der Waals surface area (Å²) in [4.78, 5) is 0.572. The van der Waals surface area contributed by atoms with Crippen molar-refractivity contribution >= 4 is 32.6 Å². The third kappa shape index (κ3) is 4.84. The summed E-state index contributed by atoms with van der Waals surface area (Å²) in [6, 6.07) is 15.7. The minimum absolute atomic E-state index is 0.389. The van der Waals surface area contributed by atoms with Gasteiger partial charge < -0.3 is 0 Å². The molecule has 2 aromatic carbocycles. The van der Waals surface area contributed by atoms with Gasteiger partial charge in [0.15, 0.2) is 0 Å². The number of hydrogen-bond acceptors (Lipinski definition) is 3. The van der Waals surface area contributed by atoms with Gasteiger partial charge in [-0.15, -0.1) is 0 Å². The van der Waals surface area contributed by atoms with Gasteiger partial charge in [-0.2, -0.15) is 0 Å². The standard InChI is InChI=1S/C15H15NO3S2/c1-20(17)15-9-5-8-14(12-15)16-21(18,19)11-10-13-6-3-2-4-7-13/h2-12,16H,1H3/b11-10+. The van der Waals surface area contributed by atoms with E-state index in [0.717, 1.165) is 11.0 Å².